The maximum absolute atomic E-state index is 12.0. The molecule has 0 aliphatic carbocycles. The number of hydrogen-bond donors (Lipinski definition) is 3. The van der Waals surface area contributed by atoms with E-state index in [4.69, 9.17) is 5.11 Å². The zero-order valence-corrected chi connectivity index (χ0v) is 11.6. The highest BCUT2D eigenvalue weighted by atomic mass is 32.2. The van der Waals surface area contributed by atoms with Crippen molar-refractivity contribution in [2.24, 2.45) is 5.41 Å². The lowest BCUT2D eigenvalue weighted by molar-refractivity contribution is 0.0691. The summed E-state index contributed by atoms with van der Waals surface area (Å²) in [5.74, 6) is -1.19. The van der Waals surface area contributed by atoms with Gasteiger partial charge in [0, 0.05) is 12.2 Å². The Kier molecular flexibility index (Phi) is 3.87. The molecule has 0 aliphatic heterocycles. The Bertz CT molecular complexity index is 540. The van der Waals surface area contributed by atoms with E-state index in [1.165, 1.54) is 6.20 Å². The van der Waals surface area contributed by atoms with Crippen LogP contribution in [0.15, 0.2) is 17.2 Å². The highest BCUT2D eigenvalue weighted by molar-refractivity contribution is 7.89. The number of sulfonamides is 1. The summed E-state index contributed by atoms with van der Waals surface area (Å²) < 4.78 is 26.5. The number of aromatic carboxylic acids is 1. The molecule has 0 amide bonds. The normalized spacial score (nSPS) is 14.4. The molecule has 0 radical (unpaired) electrons. The van der Waals surface area contributed by atoms with Crippen molar-refractivity contribution in [1.82, 2.24) is 9.71 Å². The van der Waals surface area contributed by atoms with E-state index in [1.54, 1.807) is 6.92 Å². The lowest BCUT2D eigenvalue weighted by Gasteiger charge is -2.27. The molecule has 3 N–H and O–H groups in total. The Labute approximate surface area is 106 Å². The predicted molar refractivity (Wildman–Crippen MR) is 67.0 cm³/mol. The van der Waals surface area contributed by atoms with Gasteiger partial charge in [0.15, 0.2) is 0 Å². The average Bonchev–Trinajstić information content (AvgIpc) is 2.64. The number of carbonyl (C=O) groups is 1. The molecule has 6 nitrogen and oxygen atoms in total. The molecule has 0 aliphatic rings. The number of H-pyrrole nitrogens is 1. The van der Waals surface area contributed by atoms with Crippen molar-refractivity contribution in [2.75, 3.05) is 0 Å². The molecule has 18 heavy (non-hydrogen) atoms. The summed E-state index contributed by atoms with van der Waals surface area (Å²) in [6.07, 6.45) is 1.17. The van der Waals surface area contributed by atoms with Crippen LogP contribution in [0.5, 0.6) is 0 Å². The molecule has 0 bridgehead atoms. The van der Waals surface area contributed by atoms with Gasteiger partial charge < -0.3 is 10.1 Å². The van der Waals surface area contributed by atoms with Gasteiger partial charge in [-0.2, -0.15) is 0 Å². The molecule has 0 spiro atoms. The zero-order valence-electron chi connectivity index (χ0n) is 10.8. The lowest BCUT2D eigenvalue weighted by atomic mass is 9.89. The fourth-order valence-electron chi connectivity index (χ4n) is 1.13. The van der Waals surface area contributed by atoms with Crippen molar-refractivity contribution in [3.8, 4) is 0 Å². The van der Waals surface area contributed by atoms with Gasteiger partial charge in [0.05, 0.1) is 0 Å². The molecule has 1 aromatic rings. The first-order chi connectivity index (χ1) is 8.04. The Balaban J connectivity index is 2.96. The quantitative estimate of drug-likeness (QED) is 0.773. The number of aromatic amines is 1. The van der Waals surface area contributed by atoms with Gasteiger partial charge in [0.25, 0.3) is 0 Å². The van der Waals surface area contributed by atoms with Gasteiger partial charge in [-0.3, -0.25) is 0 Å². The van der Waals surface area contributed by atoms with Crippen LogP contribution in [0.3, 0.4) is 0 Å². The molecule has 1 rings (SSSR count). The van der Waals surface area contributed by atoms with Gasteiger partial charge in [-0.1, -0.05) is 20.8 Å². The summed E-state index contributed by atoms with van der Waals surface area (Å²) in [5, 5.41) is 8.73. The number of rotatable bonds is 4. The topological polar surface area (TPSA) is 99.3 Å². The molecule has 1 aromatic heterocycles. The van der Waals surface area contributed by atoms with E-state index < -0.39 is 16.0 Å². The number of nitrogens with one attached hydrogen (secondary N) is 2. The summed E-state index contributed by atoms with van der Waals surface area (Å²) >= 11 is 0. The minimum Gasteiger partial charge on any atom is -0.477 e. The first-order valence-corrected chi connectivity index (χ1v) is 6.96. The highest BCUT2D eigenvalue weighted by Gasteiger charge is 2.26. The Hall–Kier alpha value is -1.34. The Morgan fingerprint density at radius 1 is 1.44 bits per heavy atom. The maximum atomic E-state index is 12.0. The van der Waals surface area contributed by atoms with E-state index >= 15 is 0 Å². The van der Waals surface area contributed by atoms with Crippen LogP contribution in [0.4, 0.5) is 0 Å². The van der Waals surface area contributed by atoms with E-state index in [-0.39, 0.29) is 22.0 Å². The van der Waals surface area contributed by atoms with Crippen molar-refractivity contribution >= 4 is 16.0 Å². The molecule has 0 aromatic carbocycles. The molecule has 1 atom stereocenters. The fourth-order valence-corrected chi connectivity index (χ4v) is 2.57. The van der Waals surface area contributed by atoms with Crippen LogP contribution in [-0.2, 0) is 10.0 Å². The summed E-state index contributed by atoms with van der Waals surface area (Å²) in [5.41, 5.74) is -0.377. The second kappa shape index (κ2) is 4.74. The second-order valence-corrected chi connectivity index (χ2v) is 6.98. The van der Waals surface area contributed by atoms with Crippen LogP contribution in [0.2, 0.25) is 0 Å². The summed E-state index contributed by atoms with van der Waals surface area (Å²) in [4.78, 5) is 13.0. The standard InChI is InChI=1S/C11H18N2O4S/c1-7(11(2,3)4)13-18(16,17)8-5-9(10(14)15)12-6-8/h5-7,12-13H,1-4H3,(H,14,15). The Morgan fingerprint density at radius 3 is 2.39 bits per heavy atom. The summed E-state index contributed by atoms with van der Waals surface area (Å²) in [6, 6.07) is 0.825. The molecule has 1 unspecified atom stereocenters. The van der Waals surface area contributed by atoms with E-state index in [9.17, 15) is 13.2 Å². The monoisotopic (exact) mass is 274 g/mol. The zero-order chi connectivity index (χ0) is 14.1. The number of hydrogen-bond acceptors (Lipinski definition) is 3. The van der Waals surface area contributed by atoms with E-state index in [2.05, 4.69) is 9.71 Å². The predicted octanol–water partition coefficient (Wildman–Crippen LogP) is 1.43. The van der Waals surface area contributed by atoms with Gasteiger partial charge in [-0.15, -0.1) is 0 Å². The summed E-state index contributed by atoms with van der Waals surface area (Å²) in [7, 11) is -3.70. The van der Waals surface area contributed by atoms with Crippen molar-refractivity contribution in [2.45, 2.75) is 38.6 Å². The van der Waals surface area contributed by atoms with Crippen LogP contribution in [0.1, 0.15) is 38.2 Å². The van der Waals surface area contributed by atoms with Gasteiger partial charge in [0.2, 0.25) is 10.0 Å². The third kappa shape index (κ3) is 3.33. The van der Waals surface area contributed by atoms with Crippen molar-refractivity contribution in [3.63, 3.8) is 0 Å². The van der Waals surface area contributed by atoms with Crippen LogP contribution in [0.25, 0.3) is 0 Å². The number of carboxylic acids is 1. The number of carboxylic acid groups (broad SMARTS) is 1. The molecule has 1 heterocycles. The molecule has 102 valence electrons. The first-order valence-electron chi connectivity index (χ1n) is 5.48. The van der Waals surface area contributed by atoms with Gasteiger partial charge in [-0.25, -0.2) is 17.9 Å². The maximum Gasteiger partial charge on any atom is 0.352 e. The van der Waals surface area contributed by atoms with Crippen LogP contribution in [-0.4, -0.2) is 30.5 Å². The van der Waals surface area contributed by atoms with Crippen molar-refractivity contribution in [1.29, 1.82) is 0 Å². The van der Waals surface area contributed by atoms with E-state index in [1.807, 2.05) is 20.8 Å². The van der Waals surface area contributed by atoms with E-state index in [0.29, 0.717) is 0 Å². The second-order valence-electron chi connectivity index (χ2n) is 5.26. The number of aromatic nitrogens is 1. The summed E-state index contributed by atoms with van der Waals surface area (Å²) in [6.45, 7) is 7.52. The average molecular weight is 274 g/mol. The third-order valence-electron chi connectivity index (χ3n) is 2.83. The lowest BCUT2D eigenvalue weighted by Crippen LogP contribution is -2.41. The first kappa shape index (κ1) is 14.7. The minimum absolute atomic E-state index is 0.0731. The van der Waals surface area contributed by atoms with Crippen molar-refractivity contribution in [3.05, 3.63) is 18.0 Å². The third-order valence-corrected chi connectivity index (χ3v) is 4.35. The molecular formula is C11H18N2O4S. The van der Waals surface area contributed by atoms with E-state index in [0.717, 1.165) is 6.07 Å². The SMILES string of the molecule is CC(NS(=O)(=O)c1c[nH]c(C(=O)O)c1)C(C)(C)C. The molecule has 7 heteroatoms. The molecule has 0 saturated heterocycles. The Morgan fingerprint density at radius 2 is 2.00 bits per heavy atom. The van der Waals surface area contributed by atoms with Crippen LogP contribution < -0.4 is 4.72 Å². The largest absolute Gasteiger partial charge is 0.477 e. The molecule has 0 saturated carbocycles. The molecular weight excluding hydrogens is 256 g/mol. The van der Waals surface area contributed by atoms with Crippen LogP contribution >= 0.6 is 0 Å². The van der Waals surface area contributed by atoms with Gasteiger partial charge in [-0.05, 0) is 18.4 Å². The molecule has 0 fully saturated rings. The van der Waals surface area contributed by atoms with Crippen molar-refractivity contribution < 1.29 is 18.3 Å². The minimum atomic E-state index is -3.70. The highest BCUT2D eigenvalue weighted by Crippen LogP contribution is 2.21. The fraction of sp³-hybridized carbons (Fsp3) is 0.545. The van der Waals surface area contributed by atoms with Gasteiger partial charge in [0.1, 0.15) is 10.6 Å². The smallest absolute Gasteiger partial charge is 0.352 e. The van der Waals surface area contributed by atoms with Crippen LogP contribution in [0, 0.1) is 5.41 Å². The van der Waals surface area contributed by atoms with Gasteiger partial charge >= 0.3 is 5.97 Å².